The second-order valence-corrected chi connectivity index (χ2v) is 5.95. The Kier molecular flexibility index (Phi) is 5.76. The van der Waals surface area contributed by atoms with Crippen molar-refractivity contribution < 1.29 is 4.74 Å². The molecule has 5 nitrogen and oxygen atoms in total. The Morgan fingerprint density at radius 1 is 1.38 bits per heavy atom. The third-order valence-corrected chi connectivity index (χ3v) is 3.57. The van der Waals surface area contributed by atoms with Crippen molar-refractivity contribution in [1.29, 1.82) is 0 Å². The second kappa shape index (κ2) is 7.56. The lowest BCUT2D eigenvalue weighted by Gasteiger charge is -2.14. The summed E-state index contributed by atoms with van der Waals surface area (Å²) in [5.74, 6) is 1.71. The smallest absolute Gasteiger partial charge is 0.165 e. The van der Waals surface area contributed by atoms with E-state index in [0.29, 0.717) is 6.61 Å². The molecule has 1 heterocycles. The highest BCUT2D eigenvalue weighted by atomic mass is 79.9. The zero-order valence-corrected chi connectivity index (χ0v) is 14.2. The quantitative estimate of drug-likeness (QED) is 0.830. The van der Waals surface area contributed by atoms with Gasteiger partial charge in [-0.3, -0.25) is 0 Å². The molecule has 0 radical (unpaired) electrons. The second-order valence-electron chi connectivity index (χ2n) is 5.04. The zero-order chi connectivity index (χ0) is 15.2. The molecule has 0 saturated carbocycles. The Bertz CT molecular complexity index is 583. The molecule has 0 spiro atoms. The van der Waals surface area contributed by atoms with Gasteiger partial charge in [-0.2, -0.15) is 5.10 Å². The van der Waals surface area contributed by atoms with Crippen molar-refractivity contribution in [3.8, 4) is 5.75 Å². The van der Waals surface area contributed by atoms with Crippen molar-refractivity contribution in [3.63, 3.8) is 0 Å². The van der Waals surface area contributed by atoms with E-state index in [9.17, 15) is 0 Å². The molecule has 1 N–H and O–H groups in total. The maximum Gasteiger partial charge on any atom is 0.165 e. The van der Waals surface area contributed by atoms with Crippen LogP contribution in [0, 0.1) is 0 Å². The minimum atomic E-state index is 0.275. The molecule has 0 amide bonds. The van der Waals surface area contributed by atoms with Crippen LogP contribution in [0.2, 0.25) is 0 Å². The van der Waals surface area contributed by atoms with E-state index >= 15 is 0 Å². The number of hydrogen-bond acceptors (Lipinski definition) is 4. The lowest BCUT2D eigenvalue weighted by atomic mass is 10.2. The van der Waals surface area contributed by atoms with Gasteiger partial charge in [0.1, 0.15) is 18.7 Å². The summed E-state index contributed by atoms with van der Waals surface area (Å²) in [5.41, 5.74) is 1.13. The highest BCUT2D eigenvalue weighted by molar-refractivity contribution is 9.10. The van der Waals surface area contributed by atoms with Gasteiger partial charge in [0.05, 0.1) is 0 Å². The molecule has 0 aliphatic carbocycles. The molecule has 0 unspecified atom stereocenters. The minimum Gasteiger partial charge on any atom is -0.485 e. The van der Waals surface area contributed by atoms with Crippen molar-refractivity contribution >= 4 is 15.9 Å². The van der Waals surface area contributed by atoms with Gasteiger partial charge in [-0.25, -0.2) is 9.67 Å². The molecule has 2 aromatic rings. The average Bonchev–Trinajstić information content (AvgIpc) is 2.92. The van der Waals surface area contributed by atoms with Crippen LogP contribution in [0.15, 0.2) is 29.0 Å². The minimum absolute atomic E-state index is 0.275. The third kappa shape index (κ3) is 4.28. The van der Waals surface area contributed by atoms with Gasteiger partial charge < -0.3 is 10.1 Å². The van der Waals surface area contributed by atoms with E-state index in [1.807, 2.05) is 16.8 Å². The molecule has 0 saturated heterocycles. The molecular formula is C15H21BrN4O. The van der Waals surface area contributed by atoms with Gasteiger partial charge in [0, 0.05) is 22.6 Å². The lowest BCUT2D eigenvalue weighted by Crippen LogP contribution is -2.14. The molecular weight excluding hydrogens is 332 g/mol. The fourth-order valence-corrected chi connectivity index (χ4v) is 2.45. The van der Waals surface area contributed by atoms with Crippen molar-refractivity contribution in [3.05, 3.63) is 40.4 Å². The number of nitrogens with zero attached hydrogens (tertiary/aromatic N) is 3. The first-order valence-electron chi connectivity index (χ1n) is 7.12. The van der Waals surface area contributed by atoms with Crippen LogP contribution >= 0.6 is 15.9 Å². The first-order valence-corrected chi connectivity index (χ1v) is 7.91. The third-order valence-electron chi connectivity index (χ3n) is 3.08. The van der Waals surface area contributed by atoms with E-state index in [0.717, 1.165) is 34.7 Å². The van der Waals surface area contributed by atoms with Gasteiger partial charge in [0.25, 0.3) is 0 Å². The van der Waals surface area contributed by atoms with Crippen LogP contribution in [0.5, 0.6) is 5.75 Å². The van der Waals surface area contributed by atoms with Crippen LogP contribution in [0.25, 0.3) is 0 Å². The maximum atomic E-state index is 5.94. The largest absolute Gasteiger partial charge is 0.485 e. The SMILES string of the molecule is CCNCc1cc(Br)ccc1OCc1ncnn1C(C)C. The van der Waals surface area contributed by atoms with Gasteiger partial charge >= 0.3 is 0 Å². The molecule has 2 rings (SSSR count). The van der Waals surface area contributed by atoms with Crippen molar-refractivity contribution in [2.45, 2.75) is 40.0 Å². The maximum absolute atomic E-state index is 5.94. The lowest BCUT2D eigenvalue weighted by molar-refractivity contribution is 0.279. The van der Waals surface area contributed by atoms with Crippen LogP contribution in [-0.4, -0.2) is 21.3 Å². The Morgan fingerprint density at radius 2 is 2.19 bits per heavy atom. The fraction of sp³-hybridized carbons (Fsp3) is 0.467. The highest BCUT2D eigenvalue weighted by Gasteiger charge is 2.10. The van der Waals surface area contributed by atoms with E-state index in [-0.39, 0.29) is 6.04 Å². The normalized spacial score (nSPS) is 11.1. The number of aromatic nitrogens is 3. The first-order chi connectivity index (χ1) is 10.1. The highest BCUT2D eigenvalue weighted by Crippen LogP contribution is 2.24. The van der Waals surface area contributed by atoms with Crippen molar-refractivity contribution in [2.75, 3.05) is 6.54 Å². The van der Waals surface area contributed by atoms with Gasteiger partial charge in [-0.15, -0.1) is 0 Å². The Labute approximate surface area is 133 Å². The molecule has 21 heavy (non-hydrogen) atoms. The summed E-state index contributed by atoms with van der Waals surface area (Å²) in [5, 5.41) is 7.54. The van der Waals surface area contributed by atoms with E-state index in [4.69, 9.17) is 4.74 Å². The zero-order valence-electron chi connectivity index (χ0n) is 12.6. The number of halogens is 1. The molecule has 114 valence electrons. The standard InChI is InChI=1S/C15H21BrN4O/c1-4-17-8-12-7-13(16)5-6-14(12)21-9-15-18-10-19-20(15)11(2)3/h5-7,10-11,17H,4,8-9H2,1-3H3. The number of hydrogen-bond donors (Lipinski definition) is 1. The summed E-state index contributed by atoms with van der Waals surface area (Å²) < 4.78 is 8.87. The number of benzene rings is 1. The Balaban J connectivity index is 2.10. The molecule has 0 aliphatic rings. The molecule has 0 aliphatic heterocycles. The van der Waals surface area contributed by atoms with Crippen molar-refractivity contribution in [2.24, 2.45) is 0 Å². The van der Waals surface area contributed by atoms with E-state index in [2.05, 4.69) is 58.2 Å². The van der Waals surface area contributed by atoms with Crippen molar-refractivity contribution in [1.82, 2.24) is 20.1 Å². The predicted octanol–water partition coefficient (Wildman–Crippen LogP) is 3.31. The van der Waals surface area contributed by atoms with Gasteiger partial charge in [-0.05, 0) is 38.6 Å². The van der Waals surface area contributed by atoms with Crippen LogP contribution in [0.1, 0.15) is 38.2 Å². The summed E-state index contributed by atoms with van der Waals surface area (Å²) >= 11 is 3.50. The molecule has 0 atom stereocenters. The summed E-state index contributed by atoms with van der Waals surface area (Å²) in [6.45, 7) is 8.36. The number of nitrogens with one attached hydrogen (secondary N) is 1. The monoisotopic (exact) mass is 352 g/mol. The summed E-state index contributed by atoms with van der Waals surface area (Å²) in [6.07, 6.45) is 1.57. The van der Waals surface area contributed by atoms with Gasteiger partial charge in [0.15, 0.2) is 5.82 Å². The molecule has 1 aromatic carbocycles. The fourth-order valence-electron chi connectivity index (χ4n) is 2.04. The topological polar surface area (TPSA) is 52.0 Å². The van der Waals surface area contributed by atoms with Gasteiger partial charge in [-0.1, -0.05) is 22.9 Å². The van der Waals surface area contributed by atoms with E-state index < -0.39 is 0 Å². The van der Waals surface area contributed by atoms with Crippen LogP contribution in [-0.2, 0) is 13.2 Å². The summed E-state index contributed by atoms with van der Waals surface area (Å²) in [4.78, 5) is 4.26. The molecule has 0 bridgehead atoms. The number of rotatable bonds is 7. The van der Waals surface area contributed by atoms with Crippen LogP contribution < -0.4 is 10.1 Å². The van der Waals surface area contributed by atoms with E-state index in [1.54, 1.807) is 6.33 Å². The van der Waals surface area contributed by atoms with Crippen LogP contribution in [0.3, 0.4) is 0 Å². The van der Waals surface area contributed by atoms with E-state index in [1.165, 1.54) is 0 Å². The first kappa shape index (κ1) is 16.0. The van der Waals surface area contributed by atoms with Crippen LogP contribution in [0.4, 0.5) is 0 Å². The average molecular weight is 353 g/mol. The predicted molar refractivity (Wildman–Crippen MR) is 86.3 cm³/mol. The molecule has 6 heteroatoms. The Morgan fingerprint density at radius 3 is 2.90 bits per heavy atom. The summed E-state index contributed by atoms with van der Waals surface area (Å²) in [7, 11) is 0. The molecule has 0 fully saturated rings. The number of ether oxygens (including phenoxy) is 1. The molecule has 1 aromatic heterocycles. The summed E-state index contributed by atoms with van der Waals surface area (Å²) in [6, 6.07) is 6.31. The Hall–Kier alpha value is -1.40. The van der Waals surface area contributed by atoms with Gasteiger partial charge in [0.2, 0.25) is 0 Å².